The van der Waals surface area contributed by atoms with Crippen molar-refractivity contribution in [2.75, 3.05) is 0 Å². The average Bonchev–Trinajstić information content (AvgIpc) is 2.86. The fourth-order valence-electron chi connectivity index (χ4n) is 2.92. The Morgan fingerprint density at radius 1 is 0.750 bits per heavy atom. The van der Waals surface area contributed by atoms with Gasteiger partial charge in [0, 0.05) is 11.1 Å². The van der Waals surface area contributed by atoms with Crippen LogP contribution in [-0.2, 0) is 5.21 Å². The third-order valence-electron chi connectivity index (χ3n) is 4.49. The van der Waals surface area contributed by atoms with Crippen LogP contribution in [0.4, 0.5) is 0 Å². The van der Waals surface area contributed by atoms with Crippen molar-refractivity contribution in [2.45, 2.75) is 37.8 Å². The first-order valence-electron chi connectivity index (χ1n) is 8.16. The maximum atomic E-state index is 12.9. The van der Waals surface area contributed by atoms with Crippen molar-refractivity contribution in [2.24, 2.45) is 0 Å². The van der Waals surface area contributed by atoms with Crippen LogP contribution in [0.2, 0.25) is 0 Å². The predicted molar refractivity (Wildman–Crippen MR) is 95.2 cm³/mol. The van der Waals surface area contributed by atoms with Crippen LogP contribution in [0.25, 0.3) is 0 Å². The second-order valence-electron chi connectivity index (χ2n) is 6.57. The first-order valence-corrected chi connectivity index (χ1v) is 8.16. The average molecular weight is 314 g/mol. The Balaban J connectivity index is 1.83. The van der Waals surface area contributed by atoms with E-state index in [1.165, 1.54) is 0 Å². The van der Waals surface area contributed by atoms with Gasteiger partial charge in [-0.05, 0) is 51.0 Å². The van der Waals surface area contributed by atoms with Gasteiger partial charge in [0.2, 0.25) is 0 Å². The highest BCUT2D eigenvalue weighted by atomic mass is 16.5. The molecule has 0 spiro atoms. The summed E-state index contributed by atoms with van der Waals surface area (Å²) in [6, 6.07) is 19.5. The van der Waals surface area contributed by atoms with Gasteiger partial charge >= 0.3 is 0 Å². The molecule has 2 heteroatoms. The molecule has 1 aliphatic heterocycles. The third-order valence-corrected chi connectivity index (χ3v) is 4.49. The van der Waals surface area contributed by atoms with Gasteiger partial charge in [-0.2, -0.15) is 0 Å². The highest BCUT2D eigenvalue weighted by Gasteiger charge is 2.49. The van der Waals surface area contributed by atoms with Crippen molar-refractivity contribution in [3.63, 3.8) is 0 Å². The molecule has 0 unspecified atom stereocenters. The third kappa shape index (κ3) is 3.36. The minimum absolute atomic E-state index is 0.698. The summed E-state index contributed by atoms with van der Waals surface area (Å²) in [6.07, 6.45) is 1.44. The van der Waals surface area contributed by atoms with Crippen LogP contribution in [0, 0.1) is 23.7 Å². The molecular weight excluding hydrogens is 294 g/mol. The summed E-state index contributed by atoms with van der Waals surface area (Å²) < 4.78 is 0. The highest BCUT2D eigenvalue weighted by molar-refractivity contribution is 5.40. The molecule has 2 aromatic rings. The van der Waals surface area contributed by atoms with E-state index < -0.39 is 11.1 Å². The van der Waals surface area contributed by atoms with E-state index in [4.69, 9.17) is 0 Å². The first kappa shape index (κ1) is 16.3. The van der Waals surface area contributed by atoms with Gasteiger partial charge < -0.3 is 0 Å². The standard InChI is InChI=1S/C22H20NO/c1-21(15-13-19-9-5-3-6-10-19)17-18-22(2,23(21)24)16-14-20-11-7-4-8-12-20/h3-12H,17-18H2,1-2H3/t21-,22+. The molecule has 0 amide bonds. The zero-order valence-corrected chi connectivity index (χ0v) is 14.0. The van der Waals surface area contributed by atoms with Gasteiger partial charge in [-0.15, -0.1) is 10.3 Å². The summed E-state index contributed by atoms with van der Waals surface area (Å²) in [5.41, 5.74) is 0.457. The number of rotatable bonds is 0. The van der Waals surface area contributed by atoms with Crippen LogP contribution in [0.3, 0.4) is 0 Å². The van der Waals surface area contributed by atoms with E-state index >= 15 is 0 Å². The van der Waals surface area contributed by atoms with Crippen molar-refractivity contribution >= 4 is 0 Å². The monoisotopic (exact) mass is 314 g/mol. The Bertz CT molecular complexity index is 751. The molecule has 24 heavy (non-hydrogen) atoms. The summed E-state index contributed by atoms with van der Waals surface area (Å²) in [5.74, 6) is 12.6. The van der Waals surface area contributed by atoms with Gasteiger partial charge in [-0.1, -0.05) is 60.1 Å². The molecule has 1 aliphatic rings. The molecule has 1 fully saturated rings. The van der Waals surface area contributed by atoms with Gasteiger partial charge in [0.25, 0.3) is 0 Å². The lowest BCUT2D eigenvalue weighted by molar-refractivity contribution is -0.223. The maximum Gasteiger partial charge on any atom is 0.109 e. The molecule has 2 aromatic carbocycles. The van der Waals surface area contributed by atoms with Gasteiger partial charge in [0.15, 0.2) is 0 Å². The van der Waals surface area contributed by atoms with Crippen LogP contribution in [0.5, 0.6) is 0 Å². The second kappa shape index (κ2) is 6.54. The molecule has 1 saturated heterocycles. The quantitative estimate of drug-likeness (QED) is 0.673. The molecule has 0 N–H and O–H groups in total. The summed E-state index contributed by atoms with van der Waals surface area (Å²) in [7, 11) is 0. The normalized spacial score (nSPS) is 26.1. The summed E-state index contributed by atoms with van der Waals surface area (Å²) >= 11 is 0. The minimum Gasteiger partial charge on any atom is -0.119 e. The minimum atomic E-state index is -0.698. The van der Waals surface area contributed by atoms with Crippen LogP contribution >= 0.6 is 0 Å². The topological polar surface area (TPSA) is 23.1 Å². The molecule has 0 aromatic heterocycles. The summed E-state index contributed by atoms with van der Waals surface area (Å²) in [6.45, 7) is 3.82. The van der Waals surface area contributed by atoms with Crippen molar-refractivity contribution < 1.29 is 5.21 Å². The van der Waals surface area contributed by atoms with Gasteiger partial charge in [0.1, 0.15) is 11.1 Å². The fraction of sp³-hybridized carbons (Fsp3) is 0.273. The van der Waals surface area contributed by atoms with Crippen LogP contribution in [0.1, 0.15) is 37.8 Å². The summed E-state index contributed by atoms with van der Waals surface area (Å²) in [4.78, 5) is 0. The molecular formula is C22H20NO. The lowest BCUT2D eigenvalue weighted by atomic mass is 9.98. The Morgan fingerprint density at radius 3 is 1.50 bits per heavy atom. The van der Waals surface area contributed by atoms with Gasteiger partial charge in [-0.25, -0.2) is 0 Å². The van der Waals surface area contributed by atoms with Crippen molar-refractivity contribution in [3.8, 4) is 23.7 Å². The SMILES string of the molecule is C[C@]1(C#Cc2ccccc2)CC[C@@](C)(C#Cc2ccccc2)N1[O]. The first-order chi connectivity index (χ1) is 11.5. The zero-order valence-electron chi connectivity index (χ0n) is 14.0. The highest BCUT2D eigenvalue weighted by Crippen LogP contribution is 2.39. The largest absolute Gasteiger partial charge is 0.119 e. The predicted octanol–water partition coefficient (Wildman–Crippen LogP) is 4.05. The van der Waals surface area contributed by atoms with Crippen molar-refractivity contribution in [1.29, 1.82) is 0 Å². The van der Waals surface area contributed by atoms with E-state index in [-0.39, 0.29) is 0 Å². The number of hydroxylamine groups is 2. The van der Waals surface area contributed by atoms with E-state index in [9.17, 15) is 5.21 Å². The van der Waals surface area contributed by atoms with Crippen LogP contribution < -0.4 is 0 Å². The molecule has 3 rings (SSSR count). The fourth-order valence-corrected chi connectivity index (χ4v) is 2.92. The van der Waals surface area contributed by atoms with Gasteiger partial charge in [-0.3, -0.25) is 0 Å². The Morgan fingerprint density at radius 2 is 1.12 bits per heavy atom. The number of nitrogens with zero attached hydrogens (tertiary/aromatic N) is 1. The lowest BCUT2D eigenvalue weighted by Crippen LogP contribution is -2.46. The van der Waals surface area contributed by atoms with Crippen LogP contribution in [-0.4, -0.2) is 16.1 Å². The van der Waals surface area contributed by atoms with E-state index in [0.29, 0.717) is 0 Å². The van der Waals surface area contributed by atoms with E-state index in [1.807, 2.05) is 74.5 Å². The Labute approximate surface area is 144 Å². The lowest BCUT2D eigenvalue weighted by Gasteiger charge is -2.30. The van der Waals surface area contributed by atoms with Gasteiger partial charge in [0.05, 0.1) is 0 Å². The molecule has 2 nitrogen and oxygen atoms in total. The van der Waals surface area contributed by atoms with Crippen molar-refractivity contribution in [1.82, 2.24) is 5.06 Å². The number of hydrogen-bond donors (Lipinski definition) is 0. The zero-order chi connectivity index (χ0) is 17.0. The molecule has 0 saturated carbocycles. The Kier molecular flexibility index (Phi) is 4.45. The molecule has 1 radical (unpaired) electrons. The van der Waals surface area contributed by atoms with E-state index in [0.717, 1.165) is 29.0 Å². The molecule has 0 aliphatic carbocycles. The second-order valence-corrected chi connectivity index (χ2v) is 6.57. The smallest absolute Gasteiger partial charge is 0.109 e. The van der Waals surface area contributed by atoms with E-state index in [2.05, 4.69) is 23.7 Å². The number of hydrogen-bond acceptors (Lipinski definition) is 1. The Hall–Kier alpha value is -2.52. The maximum absolute atomic E-state index is 12.9. The number of benzene rings is 2. The summed E-state index contributed by atoms with van der Waals surface area (Å²) in [5, 5.41) is 14.0. The van der Waals surface area contributed by atoms with Crippen LogP contribution in [0.15, 0.2) is 60.7 Å². The van der Waals surface area contributed by atoms with Crippen molar-refractivity contribution in [3.05, 3.63) is 71.8 Å². The molecule has 2 atom stereocenters. The molecule has 119 valence electrons. The molecule has 1 heterocycles. The molecule has 0 bridgehead atoms. The van der Waals surface area contributed by atoms with E-state index in [1.54, 1.807) is 0 Å².